The summed E-state index contributed by atoms with van der Waals surface area (Å²) in [5.41, 5.74) is 10.3. The van der Waals surface area contributed by atoms with Crippen molar-refractivity contribution in [2.45, 2.75) is 12.8 Å². The second-order valence-corrected chi connectivity index (χ2v) is 6.78. The number of nitrogen functional groups attached to an aromatic ring is 1. The molecule has 0 saturated heterocycles. The van der Waals surface area contributed by atoms with Crippen molar-refractivity contribution >= 4 is 16.5 Å². The number of nitrogens with zero attached hydrogens (tertiary/aromatic N) is 3. The molecule has 0 amide bonds. The van der Waals surface area contributed by atoms with E-state index >= 15 is 0 Å². The Kier molecular flexibility index (Phi) is 5.35. The molecule has 29 heavy (non-hydrogen) atoms. The van der Waals surface area contributed by atoms with E-state index in [9.17, 15) is 5.26 Å². The van der Waals surface area contributed by atoms with E-state index in [1.54, 1.807) is 24.5 Å². The third-order valence-corrected chi connectivity index (χ3v) is 4.86. The molecule has 0 fully saturated rings. The second kappa shape index (κ2) is 8.41. The molecule has 2 aromatic heterocycles. The number of aromatic nitrogens is 2. The summed E-state index contributed by atoms with van der Waals surface area (Å²) < 4.78 is 5.89. The maximum absolute atomic E-state index is 9.23. The molecule has 4 aromatic rings. The van der Waals surface area contributed by atoms with E-state index in [-0.39, 0.29) is 0 Å². The molecule has 0 bridgehead atoms. The number of anilines is 1. The molecule has 2 aromatic carbocycles. The van der Waals surface area contributed by atoms with Crippen LogP contribution in [0.15, 0.2) is 73.3 Å². The highest BCUT2D eigenvalue weighted by atomic mass is 16.5. The van der Waals surface area contributed by atoms with Gasteiger partial charge in [0.25, 0.3) is 0 Å². The third-order valence-electron chi connectivity index (χ3n) is 4.86. The quantitative estimate of drug-likeness (QED) is 0.385. The number of fused-ring (bicyclic) bond motifs is 1. The van der Waals surface area contributed by atoms with Crippen molar-refractivity contribution in [3.63, 3.8) is 0 Å². The summed E-state index contributed by atoms with van der Waals surface area (Å²) in [5.74, 6) is 0.721. The van der Waals surface area contributed by atoms with Crippen molar-refractivity contribution in [1.29, 1.82) is 5.26 Å². The molecule has 5 nitrogen and oxygen atoms in total. The van der Waals surface area contributed by atoms with E-state index in [0.29, 0.717) is 24.3 Å². The maximum atomic E-state index is 9.23. The van der Waals surface area contributed by atoms with Gasteiger partial charge in [0, 0.05) is 35.2 Å². The van der Waals surface area contributed by atoms with Crippen LogP contribution in [-0.2, 0) is 6.42 Å². The molecular formula is C24H20N4O. The number of hydrogen-bond acceptors (Lipinski definition) is 5. The average molecular weight is 380 g/mol. The summed E-state index contributed by atoms with van der Waals surface area (Å²) in [6.45, 7) is 0.522. The molecule has 0 atom stereocenters. The van der Waals surface area contributed by atoms with E-state index in [1.807, 2.05) is 30.6 Å². The van der Waals surface area contributed by atoms with Crippen LogP contribution in [0.2, 0.25) is 0 Å². The molecular weight excluding hydrogens is 360 g/mol. The third kappa shape index (κ3) is 4.17. The molecule has 4 rings (SSSR count). The minimum atomic E-state index is 0.522. The van der Waals surface area contributed by atoms with Gasteiger partial charge >= 0.3 is 0 Å². The van der Waals surface area contributed by atoms with Gasteiger partial charge in [-0.15, -0.1) is 0 Å². The Morgan fingerprint density at radius 1 is 0.931 bits per heavy atom. The fourth-order valence-electron chi connectivity index (χ4n) is 3.35. The van der Waals surface area contributed by atoms with Crippen molar-refractivity contribution in [3.8, 4) is 22.9 Å². The van der Waals surface area contributed by atoms with Gasteiger partial charge in [-0.25, -0.2) is 0 Å². The lowest BCUT2D eigenvalue weighted by Gasteiger charge is -2.10. The van der Waals surface area contributed by atoms with Crippen LogP contribution in [0, 0.1) is 11.3 Å². The highest BCUT2D eigenvalue weighted by Crippen LogP contribution is 2.26. The number of nitrogens with two attached hydrogens (primary N) is 1. The Bertz CT molecular complexity index is 1200. The topological polar surface area (TPSA) is 84.8 Å². The van der Waals surface area contributed by atoms with Gasteiger partial charge in [-0.1, -0.05) is 18.2 Å². The lowest BCUT2D eigenvalue weighted by Crippen LogP contribution is -2.03. The summed E-state index contributed by atoms with van der Waals surface area (Å²) in [5, 5.41) is 11.5. The van der Waals surface area contributed by atoms with Gasteiger partial charge < -0.3 is 10.5 Å². The van der Waals surface area contributed by atoms with Gasteiger partial charge in [0.05, 0.1) is 24.4 Å². The standard InChI is InChI=1S/C24H20N4O/c25-13-19-3-1-5-24(26)23(19)4-2-10-29-22-12-21(15-28-16-22)17-6-7-20-14-27-9-8-18(20)11-17/h1,3,5-9,11-12,14-16H,2,4,10,26H2. The van der Waals surface area contributed by atoms with Crippen LogP contribution >= 0.6 is 0 Å². The highest BCUT2D eigenvalue weighted by Gasteiger charge is 2.07. The van der Waals surface area contributed by atoms with Crippen molar-refractivity contribution in [3.05, 3.63) is 84.4 Å². The molecule has 142 valence electrons. The van der Waals surface area contributed by atoms with Gasteiger partial charge in [-0.05, 0) is 59.7 Å². The molecule has 5 heteroatoms. The minimum absolute atomic E-state index is 0.522. The van der Waals surface area contributed by atoms with E-state index in [4.69, 9.17) is 10.5 Å². The molecule has 0 unspecified atom stereocenters. The zero-order chi connectivity index (χ0) is 20.1. The van der Waals surface area contributed by atoms with E-state index < -0.39 is 0 Å². The Labute approximate surface area is 169 Å². The van der Waals surface area contributed by atoms with Crippen LogP contribution in [0.3, 0.4) is 0 Å². The minimum Gasteiger partial charge on any atom is -0.492 e. The van der Waals surface area contributed by atoms with Crippen molar-refractivity contribution < 1.29 is 4.74 Å². The van der Waals surface area contributed by atoms with Crippen LogP contribution in [-0.4, -0.2) is 16.6 Å². The molecule has 2 heterocycles. The second-order valence-electron chi connectivity index (χ2n) is 6.78. The zero-order valence-electron chi connectivity index (χ0n) is 15.9. The van der Waals surface area contributed by atoms with Crippen molar-refractivity contribution in [2.75, 3.05) is 12.3 Å². The normalized spacial score (nSPS) is 10.6. The fourth-order valence-corrected chi connectivity index (χ4v) is 3.35. The number of hydrogen-bond donors (Lipinski definition) is 1. The number of nitriles is 1. The summed E-state index contributed by atoms with van der Waals surface area (Å²) >= 11 is 0. The van der Waals surface area contributed by atoms with Crippen LogP contribution in [0.1, 0.15) is 17.5 Å². The highest BCUT2D eigenvalue weighted by molar-refractivity contribution is 5.86. The fraction of sp³-hybridized carbons (Fsp3) is 0.125. The Morgan fingerprint density at radius 2 is 1.86 bits per heavy atom. The van der Waals surface area contributed by atoms with Gasteiger partial charge in [-0.3, -0.25) is 9.97 Å². The molecule has 0 spiro atoms. The van der Waals surface area contributed by atoms with Crippen molar-refractivity contribution in [2.24, 2.45) is 0 Å². The Hall–Kier alpha value is -3.91. The molecule has 2 N–H and O–H groups in total. The number of benzene rings is 2. The predicted octanol–water partition coefficient (Wildman–Crippen LogP) is 4.76. The van der Waals surface area contributed by atoms with Crippen LogP contribution in [0.25, 0.3) is 21.9 Å². The number of rotatable bonds is 6. The van der Waals surface area contributed by atoms with Crippen molar-refractivity contribution in [1.82, 2.24) is 9.97 Å². The first-order valence-electron chi connectivity index (χ1n) is 9.44. The van der Waals surface area contributed by atoms with Gasteiger partial charge in [0.1, 0.15) is 5.75 Å². The molecule has 0 radical (unpaired) electrons. The SMILES string of the molecule is N#Cc1cccc(N)c1CCCOc1cncc(-c2ccc3cnccc3c2)c1. The number of pyridine rings is 2. The zero-order valence-corrected chi connectivity index (χ0v) is 15.9. The van der Waals surface area contributed by atoms with E-state index in [0.717, 1.165) is 39.6 Å². The lowest BCUT2D eigenvalue weighted by atomic mass is 10.0. The lowest BCUT2D eigenvalue weighted by molar-refractivity contribution is 0.310. The average Bonchev–Trinajstić information content (AvgIpc) is 2.77. The molecule has 0 saturated carbocycles. The van der Waals surface area contributed by atoms with Gasteiger partial charge in [0.15, 0.2) is 0 Å². The maximum Gasteiger partial charge on any atom is 0.138 e. The summed E-state index contributed by atoms with van der Waals surface area (Å²) in [6, 6.07) is 17.8. The number of ether oxygens (including phenoxy) is 1. The van der Waals surface area contributed by atoms with Crippen LogP contribution in [0.5, 0.6) is 5.75 Å². The van der Waals surface area contributed by atoms with E-state index in [2.05, 4.69) is 34.2 Å². The van der Waals surface area contributed by atoms with Gasteiger partial charge in [-0.2, -0.15) is 5.26 Å². The monoisotopic (exact) mass is 380 g/mol. The molecule has 0 aliphatic heterocycles. The molecule has 0 aliphatic carbocycles. The van der Waals surface area contributed by atoms with E-state index in [1.165, 1.54) is 0 Å². The summed E-state index contributed by atoms with van der Waals surface area (Å²) in [6.07, 6.45) is 8.65. The summed E-state index contributed by atoms with van der Waals surface area (Å²) in [4.78, 5) is 8.47. The largest absolute Gasteiger partial charge is 0.492 e. The van der Waals surface area contributed by atoms with Crippen LogP contribution in [0.4, 0.5) is 5.69 Å². The first-order chi connectivity index (χ1) is 14.2. The molecule has 0 aliphatic rings. The summed E-state index contributed by atoms with van der Waals surface area (Å²) in [7, 11) is 0. The smallest absolute Gasteiger partial charge is 0.138 e. The Balaban J connectivity index is 1.42. The first kappa shape index (κ1) is 18.5. The van der Waals surface area contributed by atoms with Crippen LogP contribution < -0.4 is 10.5 Å². The Morgan fingerprint density at radius 3 is 2.76 bits per heavy atom. The predicted molar refractivity (Wildman–Crippen MR) is 114 cm³/mol. The van der Waals surface area contributed by atoms with Gasteiger partial charge in [0.2, 0.25) is 0 Å². The first-order valence-corrected chi connectivity index (χ1v) is 9.44.